The fourth-order valence-electron chi connectivity index (χ4n) is 4.42. The van der Waals surface area contributed by atoms with E-state index in [4.69, 9.17) is 9.40 Å². The molecule has 1 fully saturated rings. The van der Waals surface area contributed by atoms with E-state index in [2.05, 4.69) is 34.1 Å². The van der Waals surface area contributed by atoms with Gasteiger partial charge < -0.3 is 4.42 Å². The van der Waals surface area contributed by atoms with Gasteiger partial charge in [-0.2, -0.15) is 0 Å². The fourth-order valence-corrected chi connectivity index (χ4v) is 4.42. The molecular weight excluding hydrogens is 401 g/mol. The summed E-state index contributed by atoms with van der Waals surface area (Å²) in [4.78, 5) is 11.3. The van der Waals surface area contributed by atoms with E-state index in [0.717, 1.165) is 60.6 Å². The molecule has 2 aromatic heterocycles. The molecule has 0 unspecified atom stereocenters. The first-order valence-corrected chi connectivity index (χ1v) is 11.1. The summed E-state index contributed by atoms with van der Waals surface area (Å²) < 4.78 is 19.2. The summed E-state index contributed by atoms with van der Waals surface area (Å²) in [5, 5.41) is 0. The van der Waals surface area contributed by atoms with Gasteiger partial charge in [-0.1, -0.05) is 24.3 Å². The second-order valence-corrected chi connectivity index (χ2v) is 8.44. The molecule has 1 aliphatic rings. The minimum absolute atomic E-state index is 0.171. The predicted molar refractivity (Wildman–Crippen MR) is 124 cm³/mol. The maximum Gasteiger partial charge on any atom is 0.226 e. The standard InChI is InChI=1S/C27H26FN3O/c1-19-26(18-31-16-12-23(13-17-31)21-6-8-25(28)9-7-21)30-27(32-19)24-4-2-20(3-5-24)22-10-14-29-15-11-22/h2-11,14-15,23H,12-13,16-18H2,1H3. The Hall–Kier alpha value is -3.31. The lowest BCUT2D eigenvalue weighted by molar-refractivity contribution is 0.202. The molecule has 0 amide bonds. The highest BCUT2D eigenvalue weighted by atomic mass is 19.1. The van der Waals surface area contributed by atoms with E-state index >= 15 is 0 Å². The molecule has 1 saturated heterocycles. The van der Waals surface area contributed by atoms with Gasteiger partial charge >= 0.3 is 0 Å². The van der Waals surface area contributed by atoms with Gasteiger partial charge in [0, 0.05) is 24.5 Å². The van der Waals surface area contributed by atoms with Crippen molar-refractivity contribution in [3.05, 3.63) is 95.9 Å². The molecule has 2 aromatic carbocycles. The summed E-state index contributed by atoms with van der Waals surface area (Å²) >= 11 is 0. The summed E-state index contributed by atoms with van der Waals surface area (Å²) in [5.74, 6) is 1.87. The molecule has 0 N–H and O–H groups in total. The highest BCUT2D eigenvalue weighted by Gasteiger charge is 2.22. The first-order chi connectivity index (χ1) is 15.7. The number of aromatic nitrogens is 2. The molecule has 0 saturated carbocycles. The lowest BCUT2D eigenvalue weighted by Crippen LogP contribution is -2.32. The zero-order chi connectivity index (χ0) is 21.9. The second-order valence-electron chi connectivity index (χ2n) is 8.44. The average Bonchev–Trinajstić information content (AvgIpc) is 3.21. The van der Waals surface area contributed by atoms with Gasteiger partial charge in [-0.05, 0) is 91.9 Å². The number of hydrogen-bond acceptors (Lipinski definition) is 4. The van der Waals surface area contributed by atoms with Crippen molar-refractivity contribution in [1.29, 1.82) is 0 Å². The van der Waals surface area contributed by atoms with E-state index in [0.29, 0.717) is 11.8 Å². The molecule has 0 radical (unpaired) electrons. The molecular formula is C27H26FN3O. The Morgan fingerprint density at radius 2 is 1.50 bits per heavy atom. The van der Waals surface area contributed by atoms with E-state index in [9.17, 15) is 4.39 Å². The summed E-state index contributed by atoms with van der Waals surface area (Å²) in [6.45, 7) is 4.79. The van der Waals surface area contributed by atoms with Crippen LogP contribution in [0.5, 0.6) is 0 Å². The Balaban J connectivity index is 1.23. The summed E-state index contributed by atoms with van der Waals surface area (Å²) in [7, 11) is 0. The number of nitrogens with zero attached hydrogens (tertiary/aromatic N) is 3. The lowest BCUT2D eigenvalue weighted by Gasteiger charge is -2.31. The number of aryl methyl sites for hydroxylation is 1. The van der Waals surface area contributed by atoms with Crippen molar-refractivity contribution in [3.8, 4) is 22.6 Å². The number of likely N-dealkylation sites (tertiary alicyclic amines) is 1. The Morgan fingerprint density at radius 1 is 0.875 bits per heavy atom. The maximum absolute atomic E-state index is 13.2. The van der Waals surface area contributed by atoms with Crippen LogP contribution >= 0.6 is 0 Å². The Morgan fingerprint density at radius 3 is 2.19 bits per heavy atom. The van der Waals surface area contributed by atoms with E-state index in [1.807, 2.05) is 31.2 Å². The first-order valence-electron chi connectivity index (χ1n) is 11.1. The van der Waals surface area contributed by atoms with Gasteiger partial charge in [0.05, 0.1) is 5.69 Å². The van der Waals surface area contributed by atoms with Gasteiger partial charge in [0.25, 0.3) is 0 Å². The SMILES string of the molecule is Cc1oc(-c2ccc(-c3ccncc3)cc2)nc1CN1CCC(c2ccc(F)cc2)CC1. The molecule has 0 aliphatic carbocycles. The van der Waals surface area contributed by atoms with Crippen LogP contribution in [0.25, 0.3) is 22.6 Å². The molecule has 3 heterocycles. The van der Waals surface area contributed by atoms with Crippen LogP contribution in [0.1, 0.15) is 35.8 Å². The number of rotatable bonds is 5. The third-order valence-electron chi connectivity index (χ3n) is 6.34. The number of oxazole rings is 1. The number of piperidine rings is 1. The largest absolute Gasteiger partial charge is 0.441 e. The number of benzene rings is 2. The number of pyridine rings is 1. The molecule has 5 rings (SSSR count). The molecule has 0 bridgehead atoms. The normalized spacial score (nSPS) is 15.2. The third kappa shape index (κ3) is 4.48. The van der Waals surface area contributed by atoms with Crippen LogP contribution in [0.2, 0.25) is 0 Å². The van der Waals surface area contributed by atoms with Gasteiger partial charge in [0.15, 0.2) is 0 Å². The fraction of sp³-hybridized carbons (Fsp3) is 0.259. The zero-order valence-corrected chi connectivity index (χ0v) is 18.2. The zero-order valence-electron chi connectivity index (χ0n) is 18.2. The Labute approximate surface area is 187 Å². The molecule has 5 heteroatoms. The molecule has 162 valence electrons. The van der Waals surface area contributed by atoms with Crippen molar-refractivity contribution in [2.75, 3.05) is 13.1 Å². The monoisotopic (exact) mass is 427 g/mol. The Bertz CT molecular complexity index is 1160. The van der Waals surface area contributed by atoms with E-state index < -0.39 is 0 Å². The quantitative estimate of drug-likeness (QED) is 0.379. The number of hydrogen-bond donors (Lipinski definition) is 0. The van der Waals surface area contributed by atoms with Gasteiger partial charge in [-0.3, -0.25) is 9.88 Å². The molecule has 4 aromatic rings. The predicted octanol–water partition coefficient (Wildman–Crippen LogP) is 6.23. The van der Waals surface area contributed by atoms with Crippen molar-refractivity contribution in [1.82, 2.24) is 14.9 Å². The molecule has 0 spiro atoms. The van der Waals surface area contributed by atoms with Crippen molar-refractivity contribution >= 4 is 0 Å². The summed E-state index contributed by atoms with van der Waals surface area (Å²) in [6, 6.07) is 19.3. The van der Waals surface area contributed by atoms with Gasteiger partial charge in [-0.15, -0.1) is 0 Å². The Kier molecular flexibility index (Phi) is 5.82. The molecule has 0 atom stereocenters. The minimum Gasteiger partial charge on any atom is -0.441 e. The highest BCUT2D eigenvalue weighted by molar-refractivity contribution is 5.66. The van der Waals surface area contributed by atoms with Gasteiger partial charge in [0.1, 0.15) is 11.6 Å². The second kappa shape index (κ2) is 9.05. The maximum atomic E-state index is 13.2. The third-order valence-corrected chi connectivity index (χ3v) is 6.34. The van der Waals surface area contributed by atoms with Crippen LogP contribution < -0.4 is 0 Å². The average molecular weight is 428 g/mol. The number of halogens is 1. The van der Waals surface area contributed by atoms with Gasteiger partial charge in [-0.25, -0.2) is 9.37 Å². The summed E-state index contributed by atoms with van der Waals surface area (Å²) in [6.07, 6.45) is 5.75. The van der Waals surface area contributed by atoms with Gasteiger partial charge in [0.2, 0.25) is 5.89 Å². The lowest BCUT2D eigenvalue weighted by atomic mass is 9.89. The molecule has 32 heavy (non-hydrogen) atoms. The van der Waals surface area contributed by atoms with E-state index in [1.54, 1.807) is 24.5 Å². The van der Waals surface area contributed by atoms with Crippen LogP contribution in [0, 0.1) is 12.7 Å². The van der Waals surface area contributed by atoms with Crippen molar-refractivity contribution < 1.29 is 8.81 Å². The smallest absolute Gasteiger partial charge is 0.226 e. The van der Waals surface area contributed by atoms with Crippen LogP contribution in [0.15, 0.2) is 77.5 Å². The minimum atomic E-state index is -0.171. The molecule has 4 nitrogen and oxygen atoms in total. The van der Waals surface area contributed by atoms with Crippen molar-refractivity contribution in [2.45, 2.75) is 32.2 Å². The van der Waals surface area contributed by atoms with Crippen LogP contribution in [-0.4, -0.2) is 28.0 Å². The molecule has 1 aliphatic heterocycles. The van der Waals surface area contributed by atoms with Crippen LogP contribution in [-0.2, 0) is 6.54 Å². The van der Waals surface area contributed by atoms with Crippen molar-refractivity contribution in [2.24, 2.45) is 0 Å². The first kappa shape index (κ1) is 20.6. The van der Waals surface area contributed by atoms with Crippen molar-refractivity contribution in [3.63, 3.8) is 0 Å². The topological polar surface area (TPSA) is 42.2 Å². The highest BCUT2D eigenvalue weighted by Crippen LogP contribution is 2.30. The van der Waals surface area contributed by atoms with Crippen LogP contribution in [0.4, 0.5) is 4.39 Å². The van der Waals surface area contributed by atoms with E-state index in [1.165, 1.54) is 5.56 Å². The summed E-state index contributed by atoms with van der Waals surface area (Å²) in [5.41, 5.74) is 5.50. The van der Waals surface area contributed by atoms with Crippen LogP contribution in [0.3, 0.4) is 0 Å². The van der Waals surface area contributed by atoms with E-state index in [-0.39, 0.29) is 5.82 Å².